The lowest BCUT2D eigenvalue weighted by atomic mass is 10.1. The molecule has 0 saturated heterocycles. The Labute approximate surface area is 186 Å². The fourth-order valence-corrected chi connectivity index (χ4v) is 3.85. The van der Waals surface area contributed by atoms with E-state index in [1.807, 2.05) is 55.6 Å². The number of nitrogens with one attached hydrogen (secondary N) is 1. The molecule has 0 aliphatic carbocycles. The van der Waals surface area contributed by atoms with Gasteiger partial charge in [0.1, 0.15) is 5.82 Å². The molecule has 162 valence electrons. The standard InChI is InChI=1S/C25H27FN2O2S/c1-18(2)16-27-24(29)14-20-5-3-6-22(13-20)28(17-19-8-10-21(26)11-9-19)25(30)15-23-7-4-12-31-23/h3-13,18H,14-17H2,1-2H3,(H,27,29). The monoisotopic (exact) mass is 438 g/mol. The van der Waals surface area contributed by atoms with Gasteiger partial charge in [0.05, 0.1) is 19.4 Å². The summed E-state index contributed by atoms with van der Waals surface area (Å²) in [5, 5.41) is 4.87. The number of thiophene rings is 1. The van der Waals surface area contributed by atoms with Gasteiger partial charge >= 0.3 is 0 Å². The number of nitrogens with zero attached hydrogens (tertiary/aromatic N) is 1. The molecule has 0 atom stereocenters. The minimum Gasteiger partial charge on any atom is -0.356 e. The van der Waals surface area contributed by atoms with E-state index in [2.05, 4.69) is 5.32 Å². The Morgan fingerprint density at radius 2 is 1.77 bits per heavy atom. The van der Waals surface area contributed by atoms with Gasteiger partial charge in [0.25, 0.3) is 0 Å². The van der Waals surface area contributed by atoms with Crippen LogP contribution in [0, 0.1) is 11.7 Å². The van der Waals surface area contributed by atoms with E-state index in [9.17, 15) is 14.0 Å². The van der Waals surface area contributed by atoms with Crippen molar-refractivity contribution in [3.63, 3.8) is 0 Å². The molecule has 0 saturated carbocycles. The molecule has 31 heavy (non-hydrogen) atoms. The summed E-state index contributed by atoms with van der Waals surface area (Å²) >= 11 is 1.54. The van der Waals surface area contributed by atoms with Gasteiger partial charge in [-0.15, -0.1) is 11.3 Å². The smallest absolute Gasteiger partial charge is 0.232 e. The van der Waals surface area contributed by atoms with Gasteiger partial charge in [0, 0.05) is 17.1 Å². The zero-order valence-electron chi connectivity index (χ0n) is 17.8. The second-order valence-electron chi connectivity index (χ2n) is 7.91. The van der Waals surface area contributed by atoms with Crippen LogP contribution in [0.5, 0.6) is 0 Å². The maximum Gasteiger partial charge on any atom is 0.232 e. The van der Waals surface area contributed by atoms with Crippen LogP contribution in [0.2, 0.25) is 0 Å². The quantitative estimate of drug-likeness (QED) is 0.512. The molecule has 2 amide bonds. The minimum absolute atomic E-state index is 0.0409. The summed E-state index contributed by atoms with van der Waals surface area (Å²) in [6, 6.07) is 17.5. The van der Waals surface area contributed by atoms with E-state index in [-0.39, 0.29) is 30.5 Å². The highest BCUT2D eigenvalue weighted by Gasteiger charge is 2.18. The molecule has 4 nitrogen and oxygen atoms in total. The second kappa shape index (κ2) is 10.9. The van der Waals surface area contributed by atoms with Gasteiger partial charge in [-0.1, -0.05) is 44.2 Å². The van der Waals surface area contributed by atoms with Gasteiger partial charge < -0.3 is 10.2 Å². The molecule has 0 bridgehead atoms. The van der Waals surface area contributed by atoms with E-state index in [1.165, 1.54) is 12.1 Å². The molecule has 0 spiro atoms. The Bertz CT molecular complexity index is 1000. The fourth-order valence-electron chi connectivity index (χ4n) is 3.15. The first-order chi connectivity index (χ1) is 14.9. The Kier molecular flexibility index (Phi) is 7.95. The maximum absolute atomic E-state index is 13.3. The predicted molar refractivity (Wildman–Crippen MR) is 124 cm³/mol. The van der Waals surface area contributed by atoms with Crippen LogP contribution < -0.4 is 10.2 Å². The lowest BCUT2D eigenvalue weighted by Crippen LogP contribution is -2.32. The number of anilines is 1. The first kappa shape index (κ1) is 22.7. The normalized spacial score (nSPS) is 10.8. The van der Waals surface area contributed by atoms with Crippen LogP contribution in [0.4, 0.5) is 10.1 Å². The van der Waals surface area contributed by atoms with Crippen molar-refractivity contribution in [2.75, 3.05) is 11.4 Å². The molecular weight excluding hydrogens is 411 g/mol. The van der Waals surface area contributed by atoms with Crippen molar-refractivity contribution < 1.29 is 14.0 Å². The van der Waals surface area contributed by atoms with Crippen LogP contribution in [0.25, 0.3) is 0 Å². The molecule has 0 radical (unpaired) electrons. The highest BCUT2D eigenvalue weighted by molar-refractivity contribution is 7.10. The number of carbonyl (C=O) groups is 2. The first-order valence-corrected chi connectivity index (χ1v) is 11.2. The Hall–Kier alpha value is -2.99. The topological polar surface area (TPSA) is 49.4 Å². The molecular formula is C25H27FN2O2S. The summed E-state index contributed by atoms with van der Waals surface area (Å²) in [5.41, 5.74) is 2.40. The second-order valence-corrected chi connectivity index (χ2v) is 8.94. The summed E-state index contributed by atoms with van der Waals surface area (Å²) in [7, 11) is 0. The molecule has 2 aromatic carbocycles. The molecule has 0 fully saturated rings. The van der Waals surface area contributed by atoms with E-state index in [0.29, 0.717) is 19.0 Å². The Balaban J connectivity index is 1.81. The van der Waals surface area contributed by atoms with E-state index in [0.717, 1.165) is 21.7 Å². The highest BCUT2D eigenvalue weighted by Crippen LogP contribution is 2.22. The minimum atomic E-state index is -0.311. The SMILES string of the molecule is CC(C)CNC(=O)Cc1cccc(N(Cc2ccc(F)cc2)C(=O)Cc2cccs2)c1. The molecule has 1 aromatic heterocycles. The lowest BCUT2D eigenvalue weighted by Gasteiger charge is -2.24. The number of amides is 2. The molecule has 3 rings (SSSR count). The van der Waals surface area contributed by atoms with Crippen LogP contribution in [0.15, 0.2) is 66.0 Å². The molecule has 6 heteroatoms. The van der Waals surface area contributed by atoms with Crippen LogP contribution in [-0.2, 0) is 29.0 Å². The van der Waals surface area contributed by atoms with Gasteiger partial charge in [-0.05, 0) is 52.8 Å². The number of hydrogen-bond acceptors (Lipinski definition) is 3. The van der Waals surface area contributed by atoms with Gasteiger partial charge in [0.15, 0.2) is 0 Å². The molecule has 3 aromatic rings. The Morgan fingerprint density at radius 1 is 1.00 bits per heavy atom. The van der Waals surface area contributed by atoms with Crippen molar-refractivity contribution >= 4 is 28.8 Å². The van der Waals surface area contributed by atoms with Crippen molar-refractivity contribution in [1.29, 1.82) is 0 Å². The lowest BCUT2D eigenvalue weighted by molar-refractivity contribution is -0.120. The van der Waals surface area contributed by atoms with Gasteiger partial charge in [0.2, 0.25) is 11.8 Å². The number of carbonyl (C=O) groups excluding carboxylic acids is 2. The summed E-state index contributed by atoms with van der Waals surface area (Å²) in [6.07, 6.45) is 0.544. The number of halogens is 1. The van der Waals surface area contributed by atoms with E-state index < -0.39 is 0 Å². The Morgan fingerprint density at radius 3 is 2.45 bits per heavy atom. The van der Waals surface area contributed by atoms with Crippen molar-refractivity contribution in [2.24, 2.45) is 5.92 Å². The largest absolute Gasteiger partial charge is 0.356 e. The zero-order valence-corrected chi connectivity index (χ0v) is 18.6. The fraction of sp³-hybridized carbons (Fsp3) is 0.280. The number of hydrogen-bond donors (Lipinski definition) is 1. The van der Waals surface area contributed by atoms with Crippen LogP contribution in [0.1, 0.15) is 29.9 Å². The van der Waals surface area contributed by atoms with E-state index in [1.54, 1.807) is 28.4 Å². The van der Waals surface area contributed by atoms with Gasteiger partial charge in [-0.2, -0.15) is 0 Å². The third-order valence-corrected chi connectivity index (χ3v) is 5.63. The van der Waals surface area contributed by atoms with E-state index >= 15 is 0 Å². The molecule has 0 aliphatic rings. The highest BCUT2D eigenvalue weighted by atomic mass is 32.1. The number of rotatable bonds is 9. The van der Waals surface area contributed by atoms with Gasteiger partial charge in [-0.25, -0.2) is 4.39 Å². The molecule has 0 aliphatic heterocycles. The molecule has 0 unspecified atom stereocenters. The van der Waals surface area contributed by atoms with Crippen LogP contribution in [-0.4, -0.2) is 18.4 Å². The average molecular weight is 439 g/mol. The van der Waals surface area contributed by atoms with Crippen LogP contribution in [0.3, 0.4) is 0 Å². The predicted octanol–water partition coefficient (Wildman–Crippen LogP) is 4.98. The van der Waals surface area contributed by atoms with Crippen molar-refractivity contribution in [3.8, 4) is 0 Å². The van der Waals surface area contributed by atoms with Crippen molar-refractivity contribution in [1.82, 2.24) is 5.32 Å². The summed E-state index contributed by atoms with van der Waals surface area (Å²) < 4.78 is 13.3. The van der Waals surface area contributed by atoms with Gasteiger partial charge in [-0.3, -0.25) is 9.59 Å². The molecule has 1 heterocycles. The maximum atomic E-state index is 13.3. The molecule has 1 N–H and O–H groups in total. The van der Waals surface area contributed by atoms with E-state index in [4.69, 9.17) is 0 Å². The first-order valence-electron chi connectivity index (χ1n) is 10.3. The third-order valence-electron chi connectivity index (χ3n) is 4.75. The third kappa shape index (κ3) is 7.03. The van der Waals surface area contributed by atoms with Crippen molar-refractivity contribution in [3.05, 3.63) is 87.9 Å². The summed E-state index contributed by atoms with van der Waals surface area (Å²) in [4.78, 5) is 28.1. The van der Waals surface area contributed by atoms with Crippen LogP contribution >= 0.6 is 11.3 Å². The number of benzene rings is 2. The zero-order chi connectivity index (χ0) is 22.2. The summed E-state index contributed by atoms with van der Waals surface area (Å²) in [5.74, 6) is -0.0139. The average Bonchev–Trinajstić information content (AvgIpc) is 3.25. The van der Waals surface area contributed by atoms with Crippen molar-refractivity contribution in [2.45, 2.75) is 33.2 Å². The summed E-state index contributed by atoms with van der Waals surface area (Å²) in [6.45, 7) is 5.06.